The van der Waals surface area contributed by atoms with E-state index in [1.807, 2.05) is 0 Å². The lowest BCUT2D eigenvalue weighted by atomic mass is 10.1. The van der Waals surface area contributed by atoms with E-state index < -0.39 is 4.83 Å². The summed E-state index contributed by atoms with van der Waals surface area (Å²) in [6.45, 7) is 1.46. The average Bonchev–Trinajstić information content (AvgIpc) is 2.17. The normalized spacial score (nSPS) is 12.2. The minimum Gasteiger partial charge on any atom is -0.504 e. The van der Waals surface area contributed by atoms with Crippen molar-refractivity contribution in [2.45, 2.75) is 11.8 Å². The molecule has 3 nitrogen and oxygen atoms in total. The lowest BCUT2D eigenvalue weighted by molar-refractivity contribution is -0.116. The Kier molecular flexibility index (Phi) is 3.52. The van der Waals surface area contributed by atoms with Gasteiger partial charge in [-0.05, 0) is 13.0 Å². The summed E-state index contributed by atoms with van der Waals surface area (Å²) in [5, 5.41) is 9.70. The van der Waals surface area contributed by atoms with Gasteiger partial charge in [-0.2, -0.15) is 0 Å². The number of hydrogen-bond donors (Lipinski definition) is 1. The van der Waals surface area contributed by atoms with E-state index in [0.717, 1.165) is 0 Å². The van der Waals surface area contributed by atoms with Crippen molar-refractivity contribution in [3.05, 3.63) is 23.8 Å². The van der Waals surface area contributed by atoms with Crippen molar-refractivity contribution in [1.82, 2.24) is 0 Å². The summed E-state index contributed by atoms with van der Waals surface area (Å²) in [6.07, 6.45) is 0. The third-order valence-corrected chi connectivity index (χ3v) is 3.02. The Hall–Kier alpha value is -1.03. The first kappa shape index (κ1) is 11.0. The first-order valence-electron chi connectivity index (χ1n) is 4.08. The second kappa shape index (κ2) is 4.46. The molecule has 4 heteroatoms. The van der Waals surface area contributed by atoms with Crippen molar-refractivity contribution in [2.75, 3.05) is 7.11 Å². The molecule has 1 N–H and O–H groups in total. The van der Waals surface area contributed by atoms with E-state index in [1.54, 1.807) is 18.2 Å². The molecule has 14 heavy (non-hydrogen) atoms. The monoisotopic (exact) mass is 258 g/mol. The van der Waals surface area contributed by atoms with E-state index in [0.29, 0.717) is 11.3 Å². The fourth-order valence-electron chi connectivity index (χ4n) is 1.13. The van der Waals surface area contributed by atoms with Gasteiger partial charge in [0.15, 0.2) is 11.5 Å². The summed E-state index contributed by atoms with van der Waals surface area (Å²) in [4.78, 5) is 10.6. The summed E-state index contributed by atoms with van der Waals surface area (Å²) in [7, 11) is 1.47. The second-order valence-corrected chi connectivity index (χ2v) is 3.79. The Labute approximate surface area is 90.8 Å². The number of para-hydroxylation sites is 1. The molecule has 0 radical (unpaired) electrons. The number of hydrogen-bond acceptors (Lipinski definition) is 3. The third-order valence-electron chi connectivity index (χ3n) is 1.88. The smallest absolute Gasteiger partial charge is 0.162 e. The molecular formula is C10H11BrO3. The van der Waals surface area contributed by atoms with Crippen LogP contribution < -0.4 is 4.74 Å². The Morgan fingerprint density at radius 3 is 2.71 bits per heavy atom. The molecule has 0 aliphatic carbocycles. The predicted octanol–water partition coefficient (Wildman–Crippen LogP) is 2.43. The zero-order valence-electron chi connectivity index (χ0n) is 7.95. The van der Waals surface area contributed by atoms with Gasteiger partial charge in [0, 0.05) is 5.56 Å². The number of halogens is 1. The maximum Gasteiger partial charge on any atom is 0.162 e. The Morgan fingerprint density at radius 2 is 2.21 bits per heavy atom. The zero-order chi connectivity index (χ0) is 10.7. The number of phenolic OH excluding ortho intramolecular Hbond substituents is 1. The van der Waals surface area contributed by atoms with Crippen molar-refractivity contribution in [2.24, 2.45) is 0 Å². The van der Waals surface area contributed by atoms with Crippen LogP contribution in [-0.4, -0.2) is 18.0 Å². The third kappa shape index (κ3) is 2.07. The van der Waals surface area contributed by atoms with Gasteiger partial charge in [0.05, 0.1) is 7.11 Å². The van der Waals surface area contributed by atoms with E-state index in [2.05, 4.69) is 15.9 Å². The minimum atomic E-state index is -0.488. The van der Waals surface area contributed by atoms with Gasteiger partial charge in [0.25, 0.3) is 0 Å². The van der Waals surface area contributed by atoms with Gasteiger partial charge in [0.2, 0.25) is 0 Å². The molecule has 1 aromatic rings. The van der Waals surface area contributed by atoms with Crippen molar-refractivity contribution in [3.63, 3.8) is 0 Å². The van der Waals surface area contributed by atoms with Crippen LogP contribution in [0.1, 0.15) is 17.3 Å². The van der Waals surface area contributed by atoms with E-state index in [-0.39, 0.29) is 11.5 Å². The average molecular weight is 259 g/mol. The van der Waals surface area contributed by atoms with Gasteiger partial charge in [-0.1, -0.05) is 28.1 Å². The molecule has 0 heterocycles. The number of Topliss-reactive ketones (excluding diaryl/α,β-unsaturated/α-hetero) is 1. The molecule has 0 saturated heterocycles. The number of rotatable bonds is 3. The van der Waals surface area contributed by atoms with Crippen molar-refractivity contribution >= 4 is 21.7 Å². The molecule has 1 atom stereocenters. The molecule has 0 aliphatic rings. The Balaban J connectivity index is 3.15. The van der Waals surface area contributed by atoms with E-state index in [4.69, 9.17) is 4.74 Å². The van der Waals surface area contributed by atoms with E-state index in [1.165, 1.54) is 14.0 Å². The summed E-state index contributed by atoms with van der Waals surface area (Å²) in [5.74, 6) is 0.314. The molecule has 1 unspecified atom stereocenters. The van der Waals surface area contributed by atoms with Gasteiger partial charge in [-0.3, -0.25) is 4.79 Å². The van der Waals surface area contributed by atoms with Crippen molar-refractivity contribution < 1.29 is 14.6 Å². The molecule has 0 spiro atoms. The predicted molar refractivity (Wildman–Crippen MR) is 57.0 cm³/mol. The number of carbonyl (C=O) groups excluding carboxylic acids is 1. The van der Waals surface area contributed by atoms with Crippen LogP contribution in [-0.2, 0) is 4.79 Å². The van der Waals surface area contributed by atoms with Crippen LogP contribution >= 0.6 is 15.9 Å². The topological polar surface area (TPSA) is 46.5 Å². The molecule has 0 aromatic heterocycles. The van der Waals surface area contributed by atoms with Crippen LogP contribution in [0.3, 0.4) is 0 Å². The lowest BCUT2D eigenvalue weighted by Gasteiger charge is -2.11. The van der Waals surface area contributed by atoms with Crippen molar-refractivity contribution in [3.8, 4) is 11.5 Å². The van der Waals surface area contributed by atoms with Crippen LogP contribution in [0, 0.1) is 0 Å². The molecule has 0 amide bonds. The van der Waals surface area contributed by atoms with Crippen LogP contribution in [0.4, 0.5) is 0 Å². The van der Waals surface area contributed by atoms with Gasteiger partial charge in [-0.15, -0.1) is 0 Å². The molecule has 0 aliphatic heterocycles. The molecule has 1 rings (SSSR count). The molecule has 0 bridgehead atoms. The number of benzene rings is 1. The first-order chi connectivity index (χ1) is 6.57. The minimum absolute atomic E-state index is 0.00655. The van der Waals surface area contributed by atoms with Crippen LogP contribution in [0.2, 0.25) is 0 Å². The Bertz CT molecular complexity index is 349. The number of methoxy groups -OCH3 is 1. The summed E-state index contributed by atoms with van der Waals surface area (Å²) in [5.41, 5.74) is 0.525. The standard InChI is InChI=1S/C10H11BrO3/c1-6(12)9(11)7-4-3-5-8(14-2)10(7)13/h3-5,9,13H,1-2H3. The fraction of sp³-hybridized carbons (Fsp3) is 0.300. The largest absolute Gasteiger partial charge is 0.504 e. The highest BCUT2D eigenvalue weighted by atomic mass is 79.9. The Morgan fingerprint density at radius 1 is 1.57 bits per heavy atom. The van der Waals surface area contributed by atoms with Gasteiger partial charge < -0.3 is 9.84 Å². The van der Waals surface area contributed by atoms with Gasteiger partial charge in [-0.25, -0.2) is 0 Å². The maximum atomic E-state index is 11.1. The molecule has 76 valence electrons. The number of alkyl halides is 1. The number of carbonyl (C=O) groups is 1. The van der Waals surface area contributed by atoms with Crippen LogP contribution in [0.15, 0.2) is 18.2 Å². The van der Waals surface area contributed by atoms with Crippen LogP contribution in [0.25, 0.3) is 0 Å². The van der Waals surface area contributed by atoms with Crippen molar-refractivity contribution in [1.29, 1.82) is 0 Å². The number of ether oxygens (including phenoxy) is 1. The SMILES string of the molecule is COc1cccc(C(Br)C(C)=O)c1O. The van der Waals surface area contributed by atoms with E-state index in [9.17, 15) is 9.90 Å². The fourth-order valence-corrected chi connectivity index (χ4v) is 1.50. The molecule has 0 fully saturated rings. The highest BCUT2D eigenvalue weighted by Gasteiger charge is 2.18. The zero-order valence-corrected chi connectivity index (χ0v) is 9.54. The number of ketones is 1. The van der Waals surface area contributed by atoms with Gasteiger partial charge >= 0.3 is 0 Å². The highest BCUT2D eigenvalue weighted by molar-refractivity contribution is 9.09. The number of phenols is 1. The summed E-state index contributed by atoms with van der Waals surface area (Å²) < 4.78 is 4.93. The van der Waals surface area contributed by atoms with Crippen LogP contribution in [0.5, 0.6) is 11.5 Å². The number of aromatic hydroxyl groups is 1. The quantitative estimate of drug-likeness (QED) is 0.848. The maximum absolute atomic E-state index is 11.1. The van der Waals surface area contributed by atoms with Gasteiger partial charge in [0.1, 0.15) is 10.6 Å². The summed E-state index contributed by atoms with van der Waals surface area (Å²) >= 11 is 3.20. The highest BCUT2D eigenvalue weighted by Crippen LogP contribution is 2.37. The molecule has 1 aromatic carbocycles. The van der Waals surface area contributed by atoms with E-state index >= 15 is 0 Å². The first-order valence-corrected chi connectivity index (χ1v) is 5.00. The summed E-state index contributed by atoms with van der Waals surface area (Å²) in [6, 6.07) is 5.04. The second-order valence-electron chi connectivity index (χ2n) is 2.87. The molecule has 0 saturated carbocycles. The lowest BCUT2D eigenvalue weighted by Crippen LogP contribution is -2.01. The molecular weight excluding hydrogens is 248 g/mol.